The van der Waals surface area contributed by atoms with Crippen molar-refractivity contribution in [3.63, 3.8) is 0 Å². The Bertz CT molecular complexity index is 557. The van der Waals surface area contributed by atoms with Crippen LogP contribution in [-0.4, -0.2) is 36.7 Å². The van der Waals surface area contributed by atoms with Crippen molar-refractivity contribution in [2.45, 2.75) is 24.5 Å². The molecular weight excluding hydrogens is 284 g/mol. The zero-order valence-corrected chi connectivity index (χ0v) is 12.8. The van der Waals surface area contributed by atoms with E-state index in [2.05, 4.69) is 22.4 Å². The van der Waals surface area contributed by atoms with E-state index in [4.69, 9.17) is 9.47 Å². The van der Waals surface area contributed by atoms with Crippen LogP contribution in [0.15, 0.2) is 23.2 Å². The van der Waals surface area contributed by atoms with Gasteiger partial charge in [-0.1, -0.05) is 17.8 Å². The standard InChI is InChI=1S/C16H20N2O2S/c1-4-13-14(20-8-7-19-13)9-11(1)5-6-17-16-18-10-15(21-16)12-2-3-12/h1,4,9,12,15H,2-3,5-8,10H2,(H,17,18). The molecule has 0 bridgehead atoms. The second-order valence-corrected chi connectivity index (χ2v) is 7.02. The van der Waals surface area contributed by atoms with Gasteiger partial charge >= 0.3 is 0 Å². The van der Waals surface area contributed by atoms with Crippen LogP contribution in [0.2, 0.25) is 0 Å². The van der Waals surface area contributed by atoms with Crippen molar-refractivity contribution >= 4 is 16.9 Å². The number of hydrogen-bond acceptors (Lipinski definition) is 5. The van der Waals surface area contributed by atoms with Gasteiger partial charge in [-0.3, -0.25) is 4.99 Å². The molecule has 112 valence electrons. The summed E-state index contributed by atoms with van der Waals surface area (Å²) in [6.45, 7) is 3.21. The Labute approximate surface area is 129 Å². The highest BCUT2D eigenvalue weighted by Crippen LogP contribution is 2.41. The summed E-state index contributed by atoms with van der Waals surface area (Å²) in [6.07, 6.45) is 3.78. The zero-order chi connectivity index (χ0) is 14.1. The van der Waals surface area contributed by atoms with Gasteiger partial charge in [0, 0.05) is 11.8 Å². The third-order valence-electron chi connectivity index (χ3n) is 4.12. The van der Waals surface area contributed by atoms with Gasteiger partial charge < -0.3 is 14.8 Å². The monoisotopic (exact) mass is 304 g/mol. The number of rotatable bonds is 4. The molecule has 1 aliphatic carbocycles. The summed E-state index contributed by atoms with van der Waals surface area (Å²) in [7, 11) is 0. The molecule has 5 heteroatoms. The minimum absolute atomic E-state index is 0.644. The van der Waals surface area contributed by atoms with E-state index in [9.17, 15) is 0 Å². The summed E-state index contributed by atoms with van der Waals surface area (Å²) in [5.74, 6) is 2.66. The maximum absolute atomic E-state index is 5.62. The lowest BCUT2D eigenvalue weighted by atomic mass is 10.1. The van der Waals surface area contributed by atoms with E-state index in [0.717, 1.165) is 47.3 Å². The maximum atomic E-state index is 5.62. The number of aliphatic imine (C=N–C) groups is 1. The van der Waals surface area contributed by atoms with Crippen molar-refractivity contribution in [1.29, 1.82) is 0 Å². The molecule has 4 rings (SSSR count). The Balaban J connectivity index is 1.27. The number of fused-ring (bicyclic) bond motifs is 1. The minimum Gasteiger partial charge on any atom is -0.486 e. The Kier molecular flexibility index (Phi) is 3.67. The van der Waals surface area contributed by atoms with E-state index in [1.165, 1.54) is 18.4 Å². The van der Waals surface area contributed by atoms with Gasteiger partial charge in [-0.05, 0) is 42.9 Å². The van der Waals surface area contributed by atoms with Gasteiger partial charge in [0.05, 0.1) is 6.54 Å². The lowest BCUT2D eigenvalue weighted by Gasteiger charge is -2.19. The number of ether oxygens (including phenoxy) is 2. The average molecular weight is 304 g/mol. The number of nitrogens with one attached hydrogen (secondary N) is 1. The quantitative estimate of drug-likeness (QED) is 0.928. The van der Waals surface area contributed by atoms with Gasteiger partial charge in [0.25, 0.3) is 0 Å². The van der Waals surface area contributed by atoms with Gasteiger partial charge in [-0.15, -0.1) is 0 Å². The lowest BCUT2D eigenvalue weighted by Crippen LogP contribution is -2.22. The highest BCUT2D eigenvalue weighted by molar-refractivity contribution is 8.14. The molecule has 1 aromatic carbocycles. The molecule has 2 heterocycles. The fourth-order valence-corrected chi connectivity index (χ4v) is 3.99. The summed E-state index contributed by atoms with van der Waals surface area (Å²) >= 11 is 1.93. The van der Waals surface area contributed by atoms with E-state index in [1.54, 1.807) is 0 Å². The van der Waals surface area contributed by atoms with E-state index in [0.29, 0.717) is 13.2 Å². The van der Waals surface area contributed by atoms with Crippen molar-refractivity contribution < 1.29 is 9.47 Å². The molecule has 21 heavy (non-hydrogen) atoms. The summed E-state index contributed by atoms with van der Waals surface area (Å²) in [4.78, 5) is 4.60. The second kappa shape index (κ2) is 5.79. The lowest BCUT2D eigenvalue weighted by molar-refractivity contribution is 0.171. The van der Waals surface area contributed by atoms with Gasteiger partial charge in [0.15, 0.2) is 16.7 Å². The van der Waals surface area contributed by atoms with E-state index >= 15 is 0 Å². The molecule has 0 amide bonds. The molecule has 1 saturated carbocycles. The molecule has 3 aliphatic rings. The number of benzene rings is 1. The molecule has 1 aromatic rings. The molecule has 1 fully saturated rings. The molecule has 1 N–H and O–H groups in total. The van der Waals surface area contributed by atoms with Crippen LogP contribution in [0.25, 0.3) is 0 Å². The molecule has 0 aromatic heterocycles. The fraction of sp³-hybridized carbons (Fsp3) is 0.562. The fourth-order valence-electron chi connectivity index (χ4n) is 2.76. The van der Waals surface area contributed by atoms with Crippen LogP contribution in [-0.2, 0) is 6.42 Å². The first-order valence-electron chi connectivity index (χ1n) is 7.72. The normalized spacial score (nSPS) is 23.8. The first kappa shape index (κ1) is 13.3. The van der Waals surface area contributed by atoms with Crippen LogP contribution in [0, 0.1) is 5.92 Å². The number of nitrogens with zero attached hydrogens (tertiary/aromatic N) is 1. The van der Waals surface area contributed by atoms with Crippen molar-refractivity contribution in [2.75, 3.05) is 26.3 Å². The summed E-state index contributed by atoms with van der Waals surface area (Å²) in [5, 5.41) is 5.33. The molecule has 0 saturated heterocycles. The molecule has 4 nitrogen and oxygen atoms in total. The Morgan fingerprint density at radius 1 is 1.19 bits per heavy atom. The van der Waals surface area contributed by atoms with Crippen molar-refractivity contribution in [3.05, 3.63) is 23.8 Å². The van der Waals surface area contributed by atoms with E-state index < -0.39 is 0 Å². The van der Waals surface area contributed by atoms with Crippen LogP contribution in [0.1, 0.15) is 18.4 Å². The average Bonchev–Trinajstić information content (AvgIpc) is 3.27. The van der Waals surface area contributed by atoms with Crippen molar-refractivity contribution in [3.8, 4) is 11.5 Å². The van der Waals surface area contributed by atoms with Crippen LogP contribution < -0.4 is 14.8 Å². The predicted octanol–water partition coefficient (Wildman–Crippen LogP) is 2.47. The summed E-state index contributed by atoms with van der Waals surface area (Å²) < 4.78 is 11.2. The summed E-state index contributed by atoms with van der Waals surface area (Å²) in [6, 6.07) is 6.22. The third kappa shape index (κ3) is 3.12. The van der Waals surface area contributed by atoms with Gasteiger partial charge in [-0.25, -0.2) is 0 Å². The van der Waals surface area contributed by atoms with E-state index in [1.807, 2.05) is 17.8 Å². The largest absolute Gasteiger partial charge is 0.486 e. The highest BCUT2D eigenvalue weighted by Gasteiger charge is 2.35. The van der Waals surface area contributed by atoms with Crippen LogP contribution in [0.3, 0.4) is 0 Å². The number of hydrogen-bond donors (Lipinski definition) is 1. The number of thioether (sulfide) groups is 1. The first-order valence-corrected chi connectivity index (χ1v) is 8.60. The smallest absolute Gasteiger partial charge is 0.161 e. The SMILES string of the molecule is c1cc2c(cc1CCNC1=NCC(C3CC3)S1)OCCO2. The first-order chi connectivity index (χ1) is 10.4. The third-order valence-corrected chi connectivity index (χ3v) is 5.46. The molecule has 1 atom stereocenters. The van der Waals surface area contributed by atoms with Crippen molar-refractivity contribution in [2.24, 2.45) is 10.9 Å². The summed E-state index contributed by atoms with van der Waals surface area (Å²) in [5.41, 5.74) is 1.27. The second-order valence-electron chi connectivity index (χ2n) is 5.79. The molecular formula is C16H20N2O2S. The number of amidine groups is 1. The Hall–Kier alpha value is -1.36. The maximum Gasteiger partial charge on any atom is 0.161 e. The highest BCUT2D eigenvalue weighted by atomic mass is 32.2. The Morgan fingerprint density at radius 3 is 2.90 bits per heavy atom. The van der Waals surface area contributed by atoms with Crippen LogP contribution >= 0.6 is 11.8 Å². The minimum atomic E-state index is 0.644. The van der Waals surface area contributed by atoms with Gasteiger partial charge in [-0.2, -0.15) is 0 Å². The predicted molar refractivity (Wildman–Crippen MR) is 85.5 cm³/mol. The molecule has 0 radical (unpaired) electrons. The Morgan fingerprint density at radius 2 is 2.05 bits per heavy atom. The van der Waals surface area contributed by atoms with Crippen LogP contribution in [0.4, 0.5) is 0 Å². The van der Waals surface area contributed by atoms with Gasteiger partial charge in [0.2, 0.25) is 0 Å². The molecule has 2 aliphatic heterocycles. The van der Waals surface area contributed by atoms with Gasteiger partial charge in [0.1, 0.15) is 13.2 Å². The molecule has 0 spiro atoms. The van der Waals surface area contributed by atoms with Crippen LogP contribution in [0.5, 0.6) is 11.5 Å². The topological polar surface area (TPSA) is 42.9 Å². The van der Waals surface area contributed by atoms with E-state index in [-0.39, 0.29) is 0 Å². The van der Waals surface area contributed by atoms with Crippen molar-refractivity contribution in [1.82, 2.24) is 5.32 Å². The molecule has 1 unspecified atom stereocenters. The zero-order valence-electron chi connectivity index (χ0n) is 12.0.